The Morgan fingerprint density at radius 1 is 1.26 bits per heavy atom. The molecule has 9 nitrogen and oxygen atoms in total. The average Bonchev–Trinajstić information content (AvgIpc) is 3.18. The van der Waals surface area contributed by atoms with Gasteiger partial charge in [-0.15, -0.1) is 0 Å². The molecule has 4 N–H and O–H groups in total. The van der Waals surface area contributed by atoms with Gasteiger partial charge in [0, 0.05) is 35.0 Å². The van der Waals surface area contributed by atoms with Crippen molar-refractivity contribution in [2.45, 2.75) is 69.0 Å². The standard InChI is InChI=1S/C22H32N4O5/c23-26-25-11-6-2-1-5-10-22(29)13-19(28)20(15-27)31-21(22)30-12-9-16-14-24-18-8-4-3-7-17(16)18/h3-4,7-8,14,19-21,24,27-29H,1-2,5-6,9-13,15H2/t19-,20+,21-,22+/m0/s1. The second-order valence-electron chi connectivity index (χ2n) is 8.16. The van der Waals surface area contributed by atoms with Gasteiger partial charge < -0.3 is 29.8 Å². The zero-order valence-electron chi connectivity index (χ0n) is 17.7. The molecule has 0 spiro atoms. The van der Waals surface area contributed by atoms with Gasteiger partial charge in [-0.3, -0.25) is 0 Å². The fourth-order valence-corrected chi connectivity index (χ4v) is 4.17. The summed E-state index contributed by atoms with van der Waals surface area (Å²) < 4.78 is 11.7. The first-order valence-corrected chi connectivity index (χ1v) is 10.9. The number of nitrogens with one attached hydrogen (secondary N) is 1. The number of aromatic nitrogens is 1. The number of benzene rings is 1. The van der Waals surface area contributed by atoms with Gasteiger partial charge in [0.05, 0.1) is 19.3 Å². The van der Waals surface area contributed by atoms with Crippen LogP contribution in [0.4, 0.5) is 0 Å². The van der Waals surface area contributed by atoms with Crippen molar-refractivity contribution >= 4 is 10.9 Å². The molecule has 0 amide bonds. The third-order valence-corrected chi connectivity index (χ3v) is 5.91. The summed E-state index contributed by atoms with van der Waals surface area (Å²) in [4.78, 5) is 5.98. The summed E-state index contributed by atoms with van der Waals surface area (Å²) in [5, 5.41) is 35.6. The van der Waals surface area contributed by atoms with Crippen molar-refractivity contribution in [2.24, 2.45) is 5.11 Å². The number of aliphatic hydroxyl groups excluding tert-OH is 2. The van der Waals surface area contributed by atoms with Gasteiger partial charge in [-0.25, -0.2) is 0 Å². The maximum Gasteiger partial charge on any atom is 0.186 e. The molecule has 1 fully saturated rings. The predicted molar refractivity (Wildman–Crippen MR) is 116 cm³/mol. The fraction of sp³-hybridized carbons (Fsp3) is 0.636. The average molecular weight is 433 g/mol. The van der Waals surface area contributed by atoms with E-state index in [-0.39, 0.29) is 13.0 Å². The Labute approximate surface area is 181 Å². The molecule has 31 heavy (non-hydrogen) atoms. The van der Waals surface area contributed by atoms with E-state index in [1.54, 1.807) is 0 Å². The summed E-state index contributed by atoms with van der Waals surface area (Å²) in [6, 6.07) is 8.03. The summed E-state index contributed by atoms with van der Waals surface area (Å²) >= 11 is 0. The van der Waals surface area contributed by atoms with Gasteiger partial charge in [-0.05, 0) is 36.4 Å². The van der Waals surface area contributed by atoms with Crippen LogP contribution in [0.1, 0.15) is 44.1 Å². The van der Waals surface area contributed by atoms with E-state index >= 15 is 0 Å². The highest BCUT2D eigenvalue weighted by atomic mass is 16.7. The van der Waals surface area contributed by atoms with Gasteiger partial charge in [-0.1, -0.05) is 42.6 Å². The van der Waals surface area contributed by atoms with Gasteiger partial charge in [-0.2, -0.15) is 0 Å². The maximum atomic E-state index is 11.2. The lowest BCUT2D eigenvalue weighted by molar-refractivity contribution is -0.309. The molecule has 1 aromatic heterocycles. The molecular formula is C22H32N4O5. The Kier molecular flexibility index (Phi) is 8.71. The minimum absolute atomic E-state index is 0.0920. The van der Waals surface area contributed by atoms with Crippen molar-refractivity contribution in [1.82, 2.24) is 4.98 Å². The molecule has 170 valence electrons. The summed E-state index contributed by atoms with van der Waals surface area (Å²) in [6.45, 7) is 0.481. The molecule has 0 saturated carbocycles. The molecule has 0 aliphatic carbocycles. The maximum absolute atomic E-state index is 11.2. The summed E-state index contributed by atoms with van der Waals surface area (Å²) in [7, 11) is 0. The second-order valence-corrected chi connectivity index (χ2v) is 8.16. The summed E-state index contributed by atoms with van der Waals surface area (Å²) in [5.74, 6) is 0. The molecule has 0 radical (unpaired) electrons. The molecule has 1 aliphatic rings. The van der Waals surface area contributed by atoms with Crippen molar-refractivity contribution in [3.63, 3.8) is 0 Å². The number of aromatic amines is 1. The Hall–Kier alpha value is -2.13. The van der Waals surface area contributed by atoms with Crippen LogP contribution in [0.2, 0.25) is 0 Å². The van der Waals surface area contributed by atoms with Gasteiger partial charge in [0.2, 0.25) is 0 Å². The molecule has 2 heterocycles. The first kappa shape index (κ1) is 23.5. The SMILES string of the molecule is [N-]=[N+]=NCCCCCC[C@@]1(O)C[C@H](O)[C@@H](CO)O[C@@H]1OCCc1c[nH]c2ccccc12. The molecule has 3 rings (SSSR count). The highest BCUT2D eigenvalue weighted by molar-refractivity contribution is 5.83. The topological polar surface area (TPSA) is 144 Å². The zero-order valence-corrected chi connectivity index (χ0v) is 17.7. The first-order valence-electron chi connectivity index (χ1n) is 10.9. The monoisotopic (exact) mass is 432 g/mol. The number of nitrogens with zero attached hydrogens (tertiary/aromatic N) is 3. The quantitative estimate of drug-likeness (QED) is 0.176. The highest BCUT2D eigenvalue weighted by Gasteiger charge is 2.47. The third-order valence-electron chi connectivity index (χ3n) is 5.91. The minimum Gasteiger partial charge on any atom is -0.394 e. The van der Waals surface area contributed by atoms with Crippen molar-refractivity contribution in [3.05, 3.63) is 46.5 Å². The van der Waals surface area contributed by atoms with E-state index in [1.807, 2.05) is 24.4 Å². The highest BCUT2D eigenvalue weighted by Crippen LogP contribution is 2.34. The van der Waals surface area contributed by atoms with E-state index in [9.17, 15) is 15.3 Å². The van der Waals surface area contributed by atoms with Crippen LogP contribution >= 0.6 is 0 Å². The van der Waals surface area contributed by atoms with Gasteiger partial charge >= 0.3 is 0 Å². The lowest BCUT2D eigenvalue weighted by Crippen LogP contribution is -2.58. The largest absolute Gasteiger partial charge is 0.394 e. The molecule has 1 aliphatic heterocycles. The molecule has 4 atom stereocenters. The number of unbranched alkanes of at least 4 members (excludes halogenated alkanes) is 3. The molecule has 0 unspecified atom stereocenters. The van der Waals surface area contributed by atoms with Crippen LogP contribution in [0.5, 0.6) is 0 Å². The Morgan fingerprint density at radius 2 is 2.06 bits per heavy atom. The number of azide groups is 1. The number of fused-ring (bicyclic) bond motifs is 1. The fourth-order valence-electron chi connectivity index (χ4n) is 4.17. The Bertz CT molecular complexity index is 868. The van der Waals surface area contributed by atoms with Gasteiger partial charge in [0.25, 0.3) is 0 Å². The summed E-state index contributed by atoms with van der Waals surface area (Å²) in [6.07, 6.45) is 3.76. The normalized spacial score (nSPS) is 26.1. The molecule has 1 saturated heterocycles. The Morgan fingerprint density at radius 3 is 2.87 bits per heavy atom. The lowest BCUT2D eigenvalue weighted by atomic mass is 9.85. The van der Waals surface area contributed by atoms with E-state index in [2.05, 4.69) is 21.1 Å². The van der Waals surface area contributed by atoms with Crippen LogP contribution in [0.3, 0.4) is 0 Å². The number of para-hydroxylation sites is 1. The van der Waals surface area contributed by atoms with E-state index < -0.39 is 24.1 Å². The molecule has 0 bridgehead atoms. The van der Waals surface area contributed by atoms with Crippen molar-refractivity contribution in [2.75, 3.05) is 19.8 Å². The lowest BCUT2D eigenvalue weighted by Gasteiger charge is -2.44. The van der Waals surface area contributed by atoms with Crippen LogP contribution in [0.15, 0.2) is 35.6 Å². The molecule has 9 heteroatoms. The second kappa shape index (κ2) is 11.5. The number of rotatable bonds is 12. The number of hydrogen-bond acceptors (Lipinski definition) is 6. The van der Waals surface area contributed by atoms with E-state index in [0.29, 0.717) is 26.0 Å². The number of hydrogen-bond donors (Lipinski definition) is 4. The molecule has 2 aromatic rings. The number of H-pyrrole nitrogens is 1. The Balaban J connectivity index is 1.55. The first-order chi connectivity index (χ1) is 15.1. The molecule has 1 aromatic carbocycles. The van der Waals surface area contributed by atoms with Crippen LogP contribution in [-0.2, 0) is 15.9 Å². The van der Waals surface area contributed by atoms with E-state index in [4.69, 9.17) is 15.0 Å². The third kappa shape index (κ3) is 6.20. The van der Waals surface area contributed by atoms with Crippen LogP contribution in [-0.4, -0.2) is 64.2 Å². The smallest absolute Gasteiger partial charge is 0.186 e. The van der Waals surface area contributed by atoms with Crippen molar-refractivity contribution < 1.29 is 24.8 Å². The van der Waals surface area contributed by atoms with Gasteiger partial charge in [0.1, 0.15) is 11.7 Å². The summed E-state index contributed by atoms with van der Waals surface area (Å²) in [5.41, 5.74) is 9.16. The van der Waals surface area contributed by atoms with Crippen LogP contribution < -0.4 is 0 Å². The minimum atomic E-state index is -1.32. The van der Waals surface area contributed by atoms with Gasteiger partial charge in [0.15, 0.2) is 6.29 Å². The number of aliphatic hydroxyl groups is 3. The van der Waals surface area contributed by atoms with Crippen molar-refractivity contribution in [3.8, 4) is 0 Å². The predicted octanol–water partition coefficient (Wildman–Crippen LogP) is 3.19. The zero-order chi connectivity index (χ0) is 22.1. The molecular weight excluding hydrogens is 400 g/mol. The number of ether oxygens (including phenoxy) is 2. The van der Waals surface area contributed by atoms with Crippen LogP contribution in [0.25, 0.3) is 21.3 Å². The van der Waals surface area contributed by atoms with Crippen molar-refractivity contribution in [1.29, 1.82) is 0 Å². The van der Waals surface area contributed by atoms with Crippen LogP contribution in [0, 0.1) is 0 Å². The van der Waals surface area contributed by atoms with E-state index in [1.165, 1.54) is 0 Å². The van der Waals surface area contributed by atoms with E-state index in [0.717, 1.165) is 42.1 Å².